The van der Waals surface area contributed by atoms with E-state index in [1.54, 1.807) is 16.2 Å². The zero-order valence-corrected chi connectivity index (χ0v) is 29.9. The molecule has 11 heteroatoms. The molecule has 4 aliphatic rings. The molecule has 4 heterocycles. The standard InChI is InChI=1S/C38H56N6O4S/c45-35(39-26-32-12-9-25-49-32)34-28-43(37(47)48)23-24-44(34)36(46)33(13-5-8-21-41-19-6-2-7-20-41)40-31-14-16-38(17-15-31)18-22-42(29-38)27-30-10-3-1-4-11-30/h1,3-4,9-12,25,31,33-34,40H,2,5-8,13-24,26-29H2,(H,39,45)(H,47,48)/t31?,33?,34-,38?/m0/s1. The number of unbranched alkanes of at least 4 members (excludes halogenated alkanes) is 1. The maximum atomic E-state index is 14.5. The Labute approximate surface area is 296 Å². The smallest absolute Gasteiger partial charge is 0.407 e. The largest absolute Gasteiger partial charge is 0.465 e. The number of benzene rings is 1. The van der Waals surface area contributed by atoms with E-state index in [9.17, 15) is 19.5 Å². The van der Waals surface area contributed by atoms with Crippen LogP contribution in [0.3, 0.4) is 0 Å². The van der Waals surface area contributed by atoms with Crippen LogP contribution in [0.15, 0.2) is 47.8 Å². The third kappa shape index (κ3) is 9.84. The molecular formula is C38H56N6O4S. The van der Waals surface area contributed by atoms with Crippen molar-refractivity contribution in [3.8, 4) is 0 Å². The summed E-state index contributed by atoms with van der Waals surface area (Å²) in [5, 5.41) is 18.5. The molecule has 1 unspecified atom stereocenters. The van der Waals surface area contributed by atoms with E-state index in [-0.39, 0.29) is 43.5 Å². The van der Waals surface area contributed by atoms with Gasteiger partial charge in [0.2, 0.25) is 11.8 Å². The lowest BCUT2D eigenvalue weighted by molar-refractivity contribution is -0.145. The number of amides is 3. The zero-order valence-electron chi connectivity index (χ0n) is 29.1. The van der Waals surface area contributed by atoms with Gasteiger partial charge in [0.25, 0.3) is 0 Å². The lowest BCUT2D eigenvalue weighted by atomic mass is 9.72. The number of nitrogens with zero attached hydrogens (tertiary/aromatic N) is 4. The van der Waals surface area contributed by atoms with E-state index >= 15 is 0 Å². The highest BCUT2D eigenvalue weighted by Crippen LogP contribution is 2.44. The number of carbonyl (C=O) groups is 3. The number of carbonyl (C=O) groups excluding carboxylic acids is 2. The molecule has 3 saturated heterocycles. The van der Waals surface area contributed by atoms with Crippen LogP contribution in [-0.2, 0) is 22.7 Å². The quantitative estimate of drug-likeness (QED) is 0.254. The summed E-state index contributed by atoms with van der Waals surface area (Å²) in [6, 6.07) is 13.7. The average molecular weight is 693 g/mol. The van der Waals surface area contributed by atoms with Crippen LogP contribution in [0.1, 0.15) is 81.1 Å². The lowest BCUT2D eigenvalue weighted by Gasteiger charge is -2.42. The normalized spacial score (nSPS) is 25.8. The van der Waals surface area contributed by atoms with E-state index in [1.807, 2.05) is 17.5 Å². The molecule has 0 bridgehead atoms. The highest BCUT2D eigenvalue weighted by Gasteiger charge is 2.43. The van der Waals surface area contributed by atoms with E-state index < -0.39 is 12.1 Å². The molecule has 1 saturated carbocycles. The monoisotopic (exact) mass is 692 g/mol. The van der Waals surface area contributed by atoms with Gasteiger partial charge in [-0.2, -0.15) is 0 Å². The van der Waals surface area contributed by atoms with E-state index in [2.05, 4.69) is 50.8 Å². The Hall–Kier alpha value is -2.99. The fourth-order valence-electron chi connectivity index (χ4n) is 8.59. The van der Waals surface area contributed by atoms with Crippen molar-refractivity contribution in [3.63, 3.8) is 0 Å². The molecule has 49 heavy (non-hydrogen) atoms. The molecule has 1 spiro atoms. The van der Waals surface area contributed by atoms with Crippen LogP contribution >= 0.6 is 11.3 Å². The van der Waals surface area contributed by atoms with Gasteiger partial charge in [0.1, 0.15) is 6.04 Å². The van der Waals surface area contributed by atoms with Crippen LogP contribution in [0, 0.1) is 5.41 Å². The van der Waals surface area contributed by atoms with Crippen molar-refractivity contribution < 1.29 is 19.5 Å². The summed E-state index contributed by atoms with van der Waals surface area (Å²) in [6.45, 7) is 7.49. The van der Waals surface area contributed by atoms with Gasteiger partial charge >= 0.3 is 6.09 Å². The molecular weight excluding hydrogens is 637 g/mol. The number of likely N-dealkylation sites (tertiary alicyclic amines) is 2. The van der Waals surface area contributed by atoms with Gasteiger partial charge in [0, 0.05) is 37.1 Å². The van der Waals surface area contributed by atoms with Crippen LogP contribution in [0.25, 0.3) is 0 Å². The van der Waals surface area contributed by atoms with E-state index in [0.717, 1.165) is 76.0 Å². The van der Waals surface area contributed by atoms with Crippen molar-refractivity contribution in [2.24, 2.45) is 5.41 Å². The summed E-state index contributed by atoms with van der Waals surface area (Å²) < 4.78 is 0. The maximum absolute atomic E-state index is 14.5. The average Bonchev–Trinajstić information content (AvgIpc) is 3.80. The minimum atomic E-state index is -1.05. The number of piperidine rings is 1. The first-order valence-corrected chi connectivity index (χ1v) is 19.6. The summed E-state index contributed by atoms with van der Waals surface area (Å²) in [4.78, 5) is 49.1. The summed E-state index contributed by atoms with van der Waals surface area (Å²) in [5.41, 5.74) is 1.74. The van der Waals surface area contributed by atoms with Crippen molar-refractivity contribution >= 4 is 29.2 Å². The van der Waals surface area contributed by atoms with Gasteiger partial charge < -0.3 is 30.4 Å². The molecule has 3 amide bonds. The van der Waals surface area contributed by atoms with Gasteiger partial charge in [-0.1, -0.05) is 49.2 Å². The van der Waals surface area contributed by atoms with Gasteiger partial charge in [-0.05, 0) is 106 Å². The Kier molecular flexibility index (Phi) is 12.6. The van der Waals surface area contributed by atoms with Crippen LogP contribution in [0.5, 0.6) is 0 Å². The van der Waals surface area contributed by atoms with E-state index in [1.165, 1.54) is 49.2 Å². The van der Waals surface area contributed by atoms with Crippen molar-refractivity contribution in [2.45, 2.75) is 102 Å². The van der Waals surface area contributed by atoms with Gasteiger partial charge in [-0.3, -0.25) is 14.5 Å². The molecule has 1 aliphatic carbocycles. The van der Waals surface area contributed by atoms with E-state index in [0.29, 0.717) is 12.0 Å². The Morgan fingerprint density at radius 2 is 1.69 bits per heavy atom. The minimum Gasteiger partial charge on any atom is -0.465 e. The van der Waals surface area contributed by atoms with Gasteiger partial charge in [-0.15, -0.1) is 11.3 Å². The molecule has 6 rings (SSSR count). The summed E-state index contributed by atoms with van der Waals surface area (Å²) in [7, 11) is 0. The number of hydrogen-bond donors (Lipinski definition) is 3. The Morgan fingerprint density at radius 1 is 0.898 bits per heavy atom. The second kappa shape index (κ2) is 17.3. The first-order valence-electron chi connectivity index (χ1n) is 18.7. The Bertz CT molecular complexity index is 1350. The van der Waals surface area contributed by atoms with Crippen LogP contribution in [-0.4, -0.2) is 113 Å². The van der Waals surface area contributed by atoms with E-state index in [4.69, 9.17) is 0 Å². The number of hydrogen-bond acceptors (Lipinski definition) is 7. The second-order valence-electron chi connectivity index (χ2n) is 14.9. The Morgan fingerprint density at radius 3 is 2.43 bits per heavy atom. The second-order valence-corrected chi connectivity index (χ2v) is 15.9. The molecule has 4 fully saturated rings. The van der Waals surface area contributed by atoms with Crippen LogP contribution in [0.4, 0.5) is 4.79 Å². The number of piperazine rings is 1. The molecule has 0 radical (unpaired) electrons. The van der Waals surface area contributed by atoms with Gasteiger partial charge in [-0.25, -0.2) is 4.79 Å². The third-order valence-electron chi connectivity index (χ3n) is 11.5. The number of rotatable bonds is 13. The van der Waals surface area contributed by atoms with Crippen molar-refractivity contribution in [1.82, 2.24) is 30.2 Å². The number of nitrogens with one attached hydrogen (secondary N) is 2. The molecule has 268 valence electrons. The molecule has 1 aromatic carbocycles. The predicted octanol–water partition coefficient (Wildman–Crippen LogP) is 5.00. The number of carboxylic acid groups (broad SMARTS) is 1. The van der Waals surface area contributed by atoms with Crippen molar-refractivity contribution in [2.75, 3.05) is 52.4 Å². The fourth-order valence-corrected chi connectivity index (χ4v) is 9.23. The topological polar surface area (TPSA) is 108 Å². The molecule has 10 nitrogen and oxygen atoms in total. The first kappa shape index (κ1) is 35.8. The maximum Gasteiger partial charge on any atom is 0.407 e. The minimum absolute atomic E-state index is 0.00947. The molecule has 3 aliphatic heterocycles. The fraction of sp³-hybridized carbons (Fsp3) is 0.658. The SMILES string of the molecule is O=C(NCc1cccs1)[C@@H]1CN(C(=O)O)CCN1C(=O)C(CCCCN1CCCCC1)NC1CCC2(CC1)CCN(Cc1ccccc1)C2. The van der Waals surface area contributed by atoms with Crippen molar-refractivity contribution in [1.29, 1.82) is 0 Å². The van der Waals surface area contributed by atoms with Gasteiger partial charge in [0.15, 0.2) is 0 Å². The number of thiophene rings is 1. The molecule has 2 aromatic rings. The molecule has 3 N–H and O–H groups in total. The predicted molar refractivity (Wildman–Crippen MR) is 193 cm³/mol. The highest BCUT2D eigenvalue weighted by molar-refractivity contribution is 7.09. The van der Waals surface area contributed by atoms with Crippen LogP contribution < -0.4 is 10.6 Å². The van der Waals surface area contributed by atoms with Gasteiger partial charge in [0.05, 0.1) is 19.1 Å². The zero-order chi connectivity index (χ0) is 34.1. The highest BCUT2D eigenvalue weighted by atomic mass is 32.1. The summed E-state index contributed by atoms with van der Waals surface area (Å²) >= 11 is 1.56. The summed E-state index contributed by atoms with van der Waals surface area (Å²) in [6.07, 6.45) is 11.2. The van der Waals surface area contributed by atoms with Crippen molar-refractivity contribution in [3.05, 3.63) is 58.3 Å². The Balaban J connectivity index is 1.09. The van der Waals surface area contributed by atoms with Crippen LogP contribution in [0.2, 0.25) is 0 Å². The lowest BCUT2D eigenvalue weighted by Crippen LogP contribution is -2.64. The molecule has 1 aromatic heterocycles. The first-order chi connectivity index (χ1) is 23.9. The summed E-state index contributed by atoms with van der Waals surface area (Å²) in [5.74, 6) is -0.355. The third-order valence-corrected chi connectivity index (χ3v) is 12.3. The molecule has 2 atom stereocenters.